The van der Waals surface area contributed by atoms with E-state index in [0.717, 1.165) is 36.9 Å². The molecule has 0 aliphatic carbocycles. The van der Waals surface area contributed by atoms with Crippen molar-refractivity contribution in [2.75, 3.05) is 35.8 Å². The number of sulfone groups is 2. The summed E-state index contributed by atoms with van der Waals surface area (Å²) in [6, 6.07) is 12.3. The fourth-order valence-electron chi connectivity index (χ4n) is 3.48. The molecule has 1 aliphatic rings. The van der Waals surface area contributed by atoms with Crippen molar-refractivity contribution in [2.45, 2.75) is 35.6 Å². The third-order valence-corrected chi connectivity index (χ3v) is 7.19. The van der Waals surface area contributed by atoms with Crippen LogP contribution in [0.15, 0.2) is 52.3 Å². The van der Waals surface area contributed by atoms with E-state index in [4.69, 9.17) is 0 Å². The number of hydrogen-bond acceptors (Lipinski definition) is 6. The molecule has 0 atom stereocenters. The topological polar surface area (TPSA) is 83.6 Å². The van der Waals surface area contributed by atoms with Crippen molar-refractivity contribution in [2.24, 2.45) is 0 Å². The monoisotopic (exact) mass is 422 g/mol. The van der Waals surface area contributed by atoms with Gasteiger partial charge in [0.1, 0.15) is 0 Å². The van der Waals surface area contributed by atoms with Gasteiger partial charge in [-0.1, -0.05) is 18.2 Å². The van der Waals surface area contributed by atoms with Crippen LogP contribution in [0.3, 0.4) is 0 Å². The van der Waals surface area contributed by atoms with Crippen molar-refractivity contribution < 1.29 is 16.8 Å². The summed E-state index contributed by atoms with van der Waals surface area (Å²) in [6.07, 6.45) is 5.75. The van der Waals surface area contributed by atoms with Crippen LogP contribution < -0.4 is 10.2 Å². The Labute approximate surface area is 167 Å². The molecule has 1 fully saturated rings. The molecule has 0 radical (unpaired) electrons. The van der Waals surface area contributed by atoms with Gasteiger partial charge in [-0.15, -0.1) is 0 Å². The average molecular weight is 423 g/mol. The SMILES string of the molecule is CS(=O)(=O)c1ccc(NCc2ccccc2N2CCCCC2)c(S(C)(=O)=O)c1. The Balaban J connectivity index is 1.89. The minimum atomic E-state index is -3.59. The normalized spacial score (nSPS) is 15.4. The smallest absolute Gasteiger partial charge is 0.177 e. The summed E-state index contributed by atoms with van der Waals surface area (Å²) in [6.45, 7) is 2.50. The molecule has 1 N–H and O–H groups in total. The van der Waals surface area contributed by atoms with Gasteiger partial charge < -0.3 is 10.2 Å². The van der Waals surface area contributed by atoms with E-state index < -0.39 is 19.7 Å². The Hall–Kier alpha value is -2.06. The van der Waals surface area contributed by atoms with Crippen molar-refractivity contribution in [1.29, 1.82) is 0 Å². The average Bonchev–Trinajstić information content (AvgIpc) is 2.65. The standard InChI is InChI=1S/C20H26N2O4S2/c1-27(23,24)17-10-11-18(20(14-17)28(2,25)26)21-15-16-8-4-5-9-19(16)22-12-6-3-7-13-22/h4-5,8-11,14,21H,3,6-7,12-13,15H2,1-2H3. The first-order chi connectivity index (χ1) is 13.2. The molecular weight excluding hydrogens is 396 g/mol. The molecule has 0 unspecified atom stereocenters. The van der Waals surface area contributed by atoms with Crippen LogP contribution in [0.5, 0.6) is 0 Å². The molecule has 0 bridgehead atoms. The summed E-state index contributed by atoms with van der Waals surface area (Å²) in [5.41, 5.74) is 2.64. The van der Waals surface area contributed by atoms with Gasteiger partial charge in [-0.25, -0.2) is 16.8 Å². The molecule has 3 rings (SSSR count). The molecule has 152 valence electrons. The largest absolute Gasteiger partial charge is 0.380 e. The molecule has 1 aliphatic heterocycles. The second kappa shape index (κ2) is 8.13. The van der Waals surface area contributed by atoms with Crippen molar-refractivity contribution in [3.8, 4) is 0 Å². The molecule has 0 amide bonds. The molecule has 2 aromatic carbocycles. The lowest BCUT2D eigenvalue weighted by Crippen LogP contribution is -2.30. The third-order valence-electron chi connectivity index (χ3n) is 4.94. The lowest BCUT2D eigenvalue weighted by atomic mass is 10.1. The number of anilines is 2. The summed E-state index contributed by atoms with van der Waals surface area (Å²) in [4.78, 5) is 2.35. The summed E-state index contributed by atoms with van der Waals surface area (Å²) >= 11 is 0. The van der Waals surface area contributed by atoms with Gasteiger partial charge in [0, 0.05) is 37.8 Å². The Bertz CT molecular complexity index is 1060. The number of para-hydroxylation sites is 1. The van der Waals surface area contributed by atoms with Gasteiger partial charge in [0.15, 0.2) is 19.7 Å². The highest BCUT2D eigenvalue weighted by atomic mass is 32.2. The number of nitrogens with zero attached hydrogens (tertiary/aromatic N) is 1. The third kappa shape index (κ3) is 4.86. The summed E-state index contributed by atoms with van der Waals surface area (Å²) in [5, 5.41) is 3.19. The van der Waals surface area contributed by atoms with Gasteiger partial charge in [-0.3, -0.25) is 0 Å². The molecule has 1 saturated heterocycles. The lowest BCUT2D eigenvalue weighted by Gasteiger charge is -2.30. The van der Waals surface area contributed by atoms with Gasteiger partial charge in [0.25, 0.3) is 0 Å². The van der Waals surface area contributed by atoms with E-state index in [9.17, 15) is 16.8 Å². The van der Waals surface area contributed by atoms with Gasteiger partial charge in [-0.05, 0) is 49.1 Å². The van der Waals surface area contributed by atoms with Crippen LogP contribution in [-0.2, 0) is 26.2 Å². The lowest BCUT2D eigenvalue weighted by molar-refractivity contribution is 0.576. The van der Waals surface area contributed by atoms with E-state index in [1.54, 1.807) is 0 Å². The van der Waals surface area contributed by atoms with Crippen LogP contribution in [-0.4, -0.2) is 42.4 Å². The van der Waals surface area contributed by atoms with E-state index in [0.29, 0.717) is 12.2 Å². The predicted octanol–water partition coefficient (Wildman–Crippen LogP) is 3.10. The zero-order valence-corrected chi connectivity index (χ0v) is 17.8. The quantitative estimate of drug-likeness (QED) is 0.770. The summed E-state index contributed by atoms with van der Waals surface area (Å²) in [7, 11) is -7.08. The molecule has 8 heteroatoms. The molecule has 6 nitrogen and oxygen atoms in total. The highest BCUT2D eigenvalue weighted by Crippen LogP contribution is 2.28. The maximum absolute atomic E-state index is 12.2. The summed E-state index contributed by atoms with van der Waals surface area (Å²) < 4.78 is 48.0. The van der Waals surface area contributed by atoms with E-state index >= 15 is 0 Å². The van der Waals surface area contributed by atoms with Gasteiger partial charge >= 0.3 is 0 Å². The second-order valence-electron chi connectivity index (χ2n) is 7.23. The molecule has 0 spiro atoms. The Morgan fingerprint density at radius 2 is 1.57 bits per heavy atom. The highest BCUT2D eigenvalue weighted by molar-refractivity contribution is 7.91. The van der Waals surface area contributed by atoms with Gasteiger partial charge in [-0.2, -0.15) is 0 Å². The first-order valence-corrected chi connectivity index (χ1v) is 13.1. The van der Waals surface area contributed by atoms with Crippen LogP contribution in [0, 0.1) is 0 Å². The van der Waals surface area contributed by atoms with E-state index in [-0.39, 0.29) is 9.79 Å². The van der Waals surface area contributed by atoms with Crippen molar-refractivity contribution in [3.05, 3.63) is 48.0 Å². The van der Waals surface area contributed by atoms with Crippen molar-refractivity contribution in [1.82, 2.24) is 0 Å². The van der Waals surface area contributed by atoms with E-state index in [1.165, 1.54) is 37.5 Å². The Morgan fingerprint density at radius 1 is 0.893 bits per heavy atom. The maximum atomic E-state index is 12.2. The molecule has 28 heavy (non-hydrogen) atoms. The van der Waals surface area contributed by atoms with E-state index in [2.05, 4.69) is 16.3 Å². The predicted molar refractivity (Wildman–Crippen MR) is 112 cm³/mol. The highest BCUT2D eigenvalue weighted by Gasteiger charge is 2.19. The fourth-order valence-corrected chi connectivity index (χ4v) is 5.08. The van der Waals surface area contributed by atoms with Crippen molar-refractivity contribution >= 4 is 31.0 Å². The number of nitrogens with one attached hydrogen (secondary N) is 1. The zero-order valence-electron chi connectivity index (χ0n) is 16.2. The Kier molecular flexibility index (Phi) is 6.00. The first kappa shape index (κ1) is 20.7. The fraction of sp³-hybridized carbons (Fsp3) is 0.400. The minimum absolute atomic E-state index is 0.00723. The minimum Gasteiger partial charge on any atom is -0.380 e. The maximum Gasteiger partial charge on any atom is 0.177 e. The number of piperidine rings is 1. The first-order valence-electron chi connectivity index (χ1n) is 9.27. The van der Waals surface area contributed by atoms with Crippen LogP contribution in [0.25, 0.3) is 0 Å². The number of rotatable bonds is 6. The van der Waals surface area contributed by atoms with Crippen LogP contribution in [0.4, 0.5) is 11.4 Å². The Morgan fingerprint density at radius 3 is 2.21 bits per heavy atom. The number of hydrogen-bond donors (Lipinski definition) is 1. The van der Waals surface area contributed by atoms with Gasteiger partial charge in [0.2, 0.25) is 0 Å². The molecule has 1 heterocycles. The van der Waals surface area contributed by atoms with Crippen LogP contribution in [0.2, 0.25) is 0 Å². The molecule has 0 saturated carbocycles. The second-order valence-corrected chi connectivity index (χ2v) is 11.2. The van der Waals surface area contributed by atoms with Crippen molar-refractivity contribution in [3.63, 3.8) is 0 Å². The van der Waals surface area contributed by atoms with Crippen LogP contribution >= 0.6 is 0 Å². The summed E-state index contributed by atoms with van der Waals surface area (Å²) in [5.74, 6) is 0. The number of benzene rings is 2. The molecule has 0 aromatic heterocycles. The molecular formula is C20H26N2O4S2. The van der Waals surface area contributed by atoms with Gasteiger partial charge in [0.05, 0.1) is 15.5 Å². The van der Waals surface area contributed by atoms with E-state index in [1.807, 2.05) is 18.2 Å². The molecule has 2 aromatic rings. The van der Waals surface area contributed by atoms with Crippen LogP contribution in [0.1, 0.15) is 24.8 Å². The zero-order chi connectivity index (χ0) is 20.4.